The fourth-order valence-electron chi connectivity index (χ4n) is 2.66. The van der Waals surface area contributed by atoms with E-state index in [-0.39, 0.29) is 15.5 Å². The van der Waals surface area contributed by atoms with Gasteiger partial charge in [0.2, 0.25) is 5.13 Å². The highest BCUT2D eigenvalue weighted by molar-refractivity contribution is 8.01. The molecule has 0 atom stereocenters. The average molecular weight is 497 g/mol. The van der Waals surface area contributed by atoms with Gasteiger partial charge in [0.1, 0.15) is 4.90 Å². The molecule has 1 amide bonds. The van der Waals surface area contributed by atoms with Gasteiger partial charge in [-0.15, -0.1) is 10.2 Å². The lowest BCUT2D eigenvalue weighted by Gasteiger charge is -2.13. The van der Waals surface area contributed by atoms with Crippen LogP contribution < -0.4 is 10.0 Å². The second-order valence-electron chi connectivity index (χ2n) is 6.74. The smallest absolute Gasteiger partial charge is 0.263 e. The first-order valence-electron chi connectivity index (χ1n) is 9.37. The largest absolute Gasteiger partial charge is 0.296 e. The molecular formula is C20H21ClN4O3S3. The minimum atomic E-state index is -4.01. The molecule has 0 spiro atoms. The number of carbonyl (C=O) groups is 1. The number of thioether (sulfide) groups is 1. The molecule has 3 rings (SSSR count). The quantitative estimate of drug-likeness (QED) is 0.321. The first-order chi connectivity index (χ1) is 14.7. The van der Waals surface area contributed by atoms with E-state index in [9.17, 15) is 13.2 Å². The summed E-state index contributed by atoms with van der Waals surface area (Å²) in [6.07, 6.45) is 1.00. The molecule has 7 nitrogen and oxygen atoms in total. The van der Waals surface area contributed by atoms with Crippen molar-refractivity contribution in [3.05, 3.63) is 58.1 Å². The number of aryl methyl sites for hydroxylation is 2. The van der Waals surface area contributed by atoms with Gasteiger partial charge in [0, 0.05) is 11.3 Å². The van der Waals surface area contributed by atoms with E-state index in [2.05, 4.69) is 27.2 Å². The Morgan fingerprint density at radius 2 is 1.94 bits per heavy atom. The first kappa shape index (κ1) is 23.5. The van der Waals surface area contributed by atoms with Gasteiger partial charge in [0.25, 0.3) is 15.9 Å². The fourth-order valence-corrected chi connectivity index (χ4v) is 5.99. The van der Waals surface area contributed by atoms with Crippen LogP contribution in [0.15, 0.2) is 45.6 Å². The van der Waals surface area contributed by atoms with E-state index in [1.54, 1.807) is 17.8 Å². The van der Waals surface area contributed by atoms with Crippen molar-refractivity contribution in [2.75, 3.05) is 15.8 Å². The molecule has 0 radical (unpaired) electrons. The molecule has 0 aliphatic carbocycles. The van der Waals surface area contributed by atoms with Gasteiger partial charge in [-0.05, 0) is 50.1 Å². The number of halogens is 1. The third-order valence-electron chi connectivity index (χ3n) is 4.17. The molecular weight excluding hydrogens is 476 g/mol. The number of anilines is 2. The van der Waals surface area contributed by atoms with Crippen molar-refractivity contribution < 1.29 is 13.2 Å². The predicted octanol–water partition coefficient (Wildman–Crippen LogP) is 5.36. The van der Waals surface area contributed by atoms with E-state index in [1.807, 2.05) is 26.0 Å². The summed E-state index contributed by atoms with van der Waals surface area (Å²) in [4.78, 5) is 12.5. The highest BCUT2D eigenvalue weighted by Crippen LogP contribution is 2.28. The Morgan fingerprint density at radius 1 is 1.16 bits per heavy atom. The van der Waals surface area contributed by atoms with Gasteiger partial charge in [-0.3, -0.25) is 14.8 Å². The summed E-state index contributed by atoms with van der Waals surface area (Å²) in [7, 11) is -4.01. The molecule has 0 aliphatic rings. The highest BCUT2D eigenvalue weighted by Gasteiger charge is 2.21. The van der Waals surface area contributed by atoms with Crippen molar-refractivity contribution in [1.29, 1.82) is 0 Å². The number of nitrogens with one attached hydrogen (secondary N) is 2. The molecule has 2 N–H and O–H groups in total. The van der Waals surface area contributed by atoms with Crippen molar-refractivity contribution in [2.45, 2.75) is 36.4 Å². The SMILES string of the molecule is CCCSc1nnc(NC(=O)c2ccc(Cl)c(S(=O)(=O)Nc3ccc(C)cc3C)c2)s1. The summed E-state index contributed by atoms with van der Waals surface area (Å²) in [6.45, 7) is 5.80. The Balaban J connectivity index is 1.81. The lowest BCUT2D eigenvalue weighted by molar-refractivity contribution is 0.102. The summed E-state index contributed by atoms with van der Waals surface area (Å²) >= 11 is 8.98. The van der Waals surface area contributed by atoms with Gasteiger partial charge in [0.05, 0.1) is 10.7 Å². The molecule has 0 saturated carbocycles. The Kier molecular flexibility index (Phi) is 7.58. The van der Waals surface area contributed by atoms with E-state index in [4.69, 9.17) is 11.6 Å². The molecule has 0 aliphatic heterocycles. The summed E-state index contributed by atoms with van der Waals surface area (Å²) in [5.74, 6) is 0.414. The van der Waals surface area contributed by atoms with Crippen molar-refractivity contribution in [2.24, 2.45) is 0 Å². The summed E-state index contributed by atoms with van der Waals surface area (Å²) < 4.78 is 29.2. The Hall–Kier alpha value is -2.14. The van der Waals surface area contributed by atoms with Gasteiger partial charge < -0.3 is 0 Å². The van der Waals surface area contributed by atoms with Crippen LogP contribution in [0, 0.1) is 13.8 Å². The van der Waals surface area contributed by atoms with Crippen LogP contribution in [-0.2, 0) is 10.0 Å². The third kappa shape index (κ3) is 5.97. The predicted molar refractivity (Wildman–Crippen MR) is 127 cm³/mol. The Morgan fingerprint density at radius 3 is 2.65 bits per heavy atom. The number of aromatic nitrogens is 2. The molecule has 164 valence electrons. The molecule has 2 aromatic carbocycles. The van der Waals surface area contributed by atoms with Crippen LogP contribution in [-0.4, -0.2) is 30.3 Å². The van der Waals surface area contributed by atoms with Crippen molar-refractivity contribution in [3.63, 3.8) is 0 Å². The standard InChI is InChI=1S/C20H21ClN4O3S3/c1-4-9-29-20-24-23-19(30-20)22-18(26)14-6-7-15(21)17(11-14)31(27,28)25-16-8-5-12(2)10-13(16)3/h5-8,10-11,25H,4,9H2,1-3H3,(H,22,23,26). The molecule has 0 fully saturated rings. The normalized spacial score (nSPS) is 11.4. The highest BCUT2D eigenvalue weighted by atomic mass is 35.5. The second-order valence-corrected chi connectivity index (χ2v) is 11.1. The average Bonchev–Trinajstić information content (AvgIpc) is 3.15. The number of benzene rings is 2. The third-order valence-corrected chi connectivity index (χ3v) is 8.19. The van der Waals surface area contributed by atoms with Gasteiger partial charge >= 0.3 is 0 Å². The van der Waals surface area contributed by atoms with E-state index < -0.39 is 15.9 Å². The molecule has 1 aromatic heterocycles. The fraction of sp³-hybridized carbons (Fsp3) is 0.250. The van der Waals surface area contributed by atoms with Crippen LogP contribution in [0.2, 0.25) is 5.02 Å². The molecule has 1 heterocycles. The zero-order chi connectivity index (χ0) is 22.6. The number of rotatable bonds is 8. The van der Waals surface area contributed by atoms with Crippen LogP contribution in [0.1, 0.15) is 34.8 Å². The minimum absolute atomic E-state index is 0.0166. The van der Waals surface area contributed by atoms with Crippen LogP contribution in [0.5, 0.6) is 0 Å². The van der Waals surface area contributed by atoms with E-state index in [1.165, 1.54) is 29.5 Å². The van der Waals surface area contributed by atoms with Gasteiger partial charge in [-0.2, -0.15) is 0 Å². The van der Waals surface area contributed by atoms with Crippen molar-refractivity contribution in [3.8, 4) is 0 Å². The summed E-state index contributed by atoms with van der Waals surface area (Å²) in [5, 5.41) is 11.0. The topological polar surface area (TPSA) is 101 Å². The number of carbonyl (C=O) groups excluding carboxylic acids is 1. The number of hydrogen-bond donors (Lipinski definition) is 2. The number of hydrogen-bond acceptors (Lipinski definition) is 7. The van der Waals surface area contributed by atoms with Gasteiger partial charge in [0.15, 0.2) is 4.34 Å². The van der Waals surface area contributed by atoms with E-state index in [0.29, 0.717) is 10.8 Å². The lowest BCUT2D eigenvalue weighted by atomic mass is 10.1. The molecule has 0 bridgehead atoms. The van der Waals surface area contributed by atoms with Gasteiger partial charge in [-0.25, -0.2) is 8.42 Å². The van der Waals surface area contributed by atoms with Gasteiger partial charge in [-0.1, -0.05) is 59.3 Å². The van der Waals surface area contributed by atoms with Crippen LogP contribution in [0.3, 0.4) is 0 Å². The van der Waals surface area contributed by atoms with Crippen LogP contribution in [0.25, 0.3) is 0 Å². The molecule has 3 aromatic rings. The Labute approximate surface area is 194 Å². The molecule has 0 saturated heterocycles. The molecule has 0 unspecified atom stereocenters. The van der Waals surface area contributed by atoms with E-state index >= 15 is 0 Å². The zero-order valence-corrected chi connectivity index (χ0v) is 20.3. The monoisotopic (exact) mass is 496 g/mol. The zero-order valence-electron chi connectivity index (χ0n) is 17.1. The van der Waals surface area contributed by atoms with Crippen LogP contribution >= 0.6 is 34.7 Å². The number of sulfonamides is 1. The van der Waals surface area contributed by atoms with E-state index in [0.717, 1.165) is 27.6 Å². The summed E-state index contributed by atoms with van der Waals surface area (Å²) in [5.41, 5.74) is 2.39. The number of nitrogens with zero attached hydrogens (tertiary/aromatic N) is 2. The maximum atomic E-state index is 12.9. The Bertz CT molecular complexity index is 1210. The van der Waals surface area contributed by atoms with Crippen molar-refractivity contribution in [1.82, 2.24) is 10.2 Å². The minimum Gasteiger partial charge on any atom is -0.296 e. The summed E-state index contributed by atoms with van der Waals surface area (Å²) in [6, 6.07) is 9.47. The first-order valence-corrected chi connectivity index (χ1v) is 13.0. The lowest BCUT2D eigenvalue weighted by Crippen LogP contribution is -2.17. The molecule has 31 heavy (non-hydrogen) atoms. The van der Waals surface area contributed by atoms with Crippen LogP contribution in [0.4, 0.5) is 10.8 Å². The second kappa shape index (κ2) is 9.99. The van der Waals surface area contributed by atoms with Crippen molar-refractivity contribution >= 4 is 61.4 Å². The maximum absolute atomic E-state index is 12.9. The number of amides is 1. The maximum Gasteiger partial charge on any atom is 0.263 e. The molecule has 11 heteroatoms.